The number of halogens is 3. The van der Waals surface area contributed by atoms with Crippen molar-refractivity contribution < 1.29 is 10.2 Å². The van der Waals surface area contributed by atoms with Gasteiger partial charge in [0.25, 0.3) is 0 Å². The predicted octanol–water partition coefficient (Wildman–Crippen LogP) is 5.17. The second kappa shape index (κ2) is 6.29. The molecule has 0 radical (unpaired) electrons. The summed E-state index contributed by atoms with van der Waals surface area (Å²) in [7, 11) is 0. The van der Waals surface area contributed by atoms with Crippen LogP contribution < -0.4 is 0 Å². The normalized spacial score (nSPS) is 10.7. The lowest BCUT2D eigenvalue weighted by Crippen LogP contribution is -1.93. The lowest BCUT2D eigenvalue weighted by molar-refractivity contribution is 0.468. The Bertz CT molecular complexity index is 589. The molecule has 0 aromatic heterocycles. The third-order valence-electron chi connectivity index (χ3n) is 2.79. The molecule has 0 amide bonds. The van der Waals surface area contributed by atoms with Gasteiger partial charge < -0.3 is 10.2 Å². The monoisotopic (exact) mass is 448 g/mol. The number of aromatic hydroxyl groups is 2. The van der Waals surface area contributed by atoms with Crippen LogP contribution in [0.5, 0.6) is 11.5 Å². The average Bonchev–Trinajstić information content (AvgIpc) is 2.37. The fourth-order valence-electron chi connectivity index (χ4n) is 1.79. The van der Waals surface area contributed by atoms with Crippen molar-refractivity contribution in [2.45, 2.75) is 12.8 Å². The molecule has 2 rings (SSSR count). The Hall–Kier alpha value is -0.520. The highest BCUT2D eigenvalue weighted by molar-refractivity contribution is 9.11. The van der Waals surface area contributed by atoms with Gasteiger partial charge in [0.05, 0.1) is 8.95 Å². The number of hydrogen-bond acceptors (Lipinski definition) is 2. The number of aryl methyl sites for hydroxylation is 2. The zero-order chi connectivity index (χ0) is 14.0. The van der Waals surface area contributed by atoms with E-state index in [4.69, 9.17) is 0 Å². The van der Waals surface area contributed by atoms with Crippen LogP contribution in [0, 0.1) is 0 Å². The Balaban J connectivity index is 2.17. The summed E-state index contributed by atoms with van der Waals surface area (Å²) >= 11 is 10.1. The first-order valence-electron chi connectivity index (χ1n) is 5.61. The van der Waals surface area contributed by atoms with Gasteiger partial charge in [-0.3, -0.25) is 0 Å². The predicted molar refractivity (Wildman–Crippen MR) is 86.7 cm³/mol. The number of hydrogen-bond donors (Lipinski definition) is 2. The van der Waals surface area contributed by atoms with E-state index in [0.29, 0.717) is 8.95 Å². The molecule has 0 unspecified atom stereocenters. The van der Waals surface area contributed by atoms with E-state index in [2.05, 4.69) is 47.8 Å². The van der Waals surface area contributed by atoms with E-state index in [0.717, 1.165) is 28.4 Å². The molecule has 2 nitrogen and oxygen atoms in total. The van der Waals surface area contributed by atoms with E-state index in [1.807, 2.05) is 18.2 Å². The zero-order valence-corrected chi connectivity index (χ0v) is 14.6. The van der Waals surface area contributed by atoms with Gasteiger partial charge in [-0.1, -0.05) is 15.9 Å². The molecular formula is C14H11Br3O2. The van der Waals surface area contributed by atoms with Gasteiger partial charge in [0.1, 0.15) is 11.5 Å². The molecule has 0 atom stereocenters. The fourth-order valence-corrected chi connectivity index (χ4v) is 3.52. The first-order chi connectivity index (χ1) is 8.97. The van der Waals surface area contributed by atoms with Gasteiger partial charge in [-0.2, -0.15) is 0 Å². The van der Waals surface area contributed by atoms with Crippen molar-refractivity contribution in [1.29, 1.82) is 0 Å². The Kier molecular flexibility index (Phi) is 4.92. The largest absolute Gasteiger partial charge is 0.508 e. The molecule has 2 aromatic carbocycles. The van der Waals surface area contributed by atoms with Crippen LogP contribution in [0.3, 0.4) is 0 Å². The van der Waals surface area contributed by atoms with Crippen LogP contribution in [0.4, 0.5) is 0 Å². The Morgan fingerprint density at radius 1 is 0.789 bits per heavy atom. The molecule has 0 aliphatic heterocycles. The number of phenolic OH excluding ortho intramolecular Hbond substituents is 2. The van der Waals surface area contributed by atoms with Crippen molar-refractivity contribution in [2.24, 2.45) is 0 Å². The molecule has 0 spiro atoms. The van der Waals surface area contributed by atoms with E-state index in [1.165, 1.54) is 0 Å². The van der Waals surface area contributed by atoms with Crippen molar-refractivity contribution in [2.75, 3.05) is 0 Å². The van der Waals surface area contributed by atoms with E-state index in [9.17, 15) is 10.2 Å². The van der Waals surface area contributed by atoms with Crippen LogP contribution in [-0.2, 0) is 12.8 Å². The highest BCUT2D eigenvalue weighted by Crippen LogP contribution is 2.34. The molecule has 5 heteroatoms. The summed E-state index contributed by atoms with van der Waals surface area (Å²) in [6.45, 7) is 0. The van der Waals surface area contributed by atoms with Gasteiger partial charge in [-0.05, 0) is 86.2 Å². The third-order valence-corrected chi connectivity index (χ3v) is 4.77. The highest BCUT2D eigenvalue weighted by Gasteiger charge is 2.07. The molecule has 0 aliphatic rings. The fraction of sp³-hybridized carbons (Fsp3) is 0.143. The first-order valence-corrected chi connectivity index (χ1v) is 7.99. The summed E-state index contributed by atoms with van der Waals surface area (Å²) in [5.41, 5.74) is 2.16. The number of rotatable bonds is 3. The highest BCUT2D eigenvalue weighted by atomic mass is 79.9. The van der Waals surface area contributed by atoms with E-state index >= 15 is 0 Å². The van der Waals surface area contributed by atoms with Gasteiger partial charge in [-0.15, -0.1) is 0 Å². The topological polar surface area (TPSA) is 40.5 Å². The molecular weight excluding hydrogens is 440 g/mol. The van der Waals surface area contributed by atoms with Crippen molar-refractivity contribution in [3.63, 3.8) is 0 Å². The zero-order valence-electron chi connectivity index (χ0n) is 9.83. The van der Waals surface area contributed by atoms with Crippen LogP contribution in [0.2, 0.25) is 0 Å². The maximum atomic E-state index is 9.66. The van der Waals surface area contributed by atoms with Crippen LogP contribution in [-0.4, -0.2) is 10.2 Å². The molecule has 0 saturated heterocycles. The SMILES string of the molecule is Oc1ccc(Br)c(CCc2cc(Br)c(O)c(Br)c2)c1. The summed E-state index contributed by atoms with van der Waals surface area (Å²) < 4.78 is 2.33. The molecule has 19 heavy (non-hydrogen) atoms. The summed E-state index contributed by atoms with van der Waals surface area (Å²) in [4.78, 5) is 0. The maximum Gasteiger partial charge on any atom is 0.143 e. The van der Waals surface area contributed by atoms with Gasteiger partial charge in [0, 0.05) is 4.47 Å². The Labute approximate surface area is 136 Å². The summed E-state index contributed by atoms with van der Waals surface area (Å²) in [6, 6.07) is 9.05. The van der Waals surface area contributed by atoms with Gasteiger partial charge in [-0.25, -0.2) is 0 Å². The van der Waals surface area contributed by atoms with Gasteiger partial charge in [0.2, 0.25) is 0 Å². The van der Waals surface area contributed by atoms with E-state index < -0.39 is 0 Å². The minimum Gasteiger partial charge on any atom is -0.508 e. The summed E-state index contributed by atoms with van der Waals surface area (Å²) in [5, 5.41) is 19.2. The molecule has 0 bridgehead atoms. The molecule has 0 heterocycles. The van der Waals surface area contributed by atoms with Crippen LogP contribution in [0.15, 0.2) is 43.7 Å². The minimum absolute atomic E-state index is 0.210. The number of benzene rings is 2. The molecule has 100 valence electrons. The summed E-state index contributed by atoms with van der Waals surface area (Å²) in [6.07, 6.45) is 1.62. The quantitative estimate of drug-likeness (QED) is 0.677. The van der Waals surface area contributed by atoms with Crippen LogP contribution in [0.25, 0.3) is 0 Å². The Morgan fingerprint density at radius 2 is 1.42 bits per heavy atom. The second-order valence-electron chi connectivity index (χ2n) is 4.18. The van der Waals surface area contributed by atoms with Gasteiger partial charge >= 0.3 is 0 Å². The minimum atomic E-state index is 0.210. The molecule has 2 N–H and O–H groups in total. The van der Waals surface area contributed by atoms with Crippen molar-refractivity contribution in [3.8, 4) is 11.5 Å². The Morgan fingerprint density at radius 3 is 2.05 bits per heavy atom. The number of phenols is 2. The van der Waals surface area contributed by atoms with Crippen LogP contribution in [0.1, 0.15) is 11.1 Å². The standard InChI is InChI=1S/C14H11Br3O2/c15-11-4-3-10(18)7-9(11)2-1-8-5-12(16)14(19)13(17)6-8/h3-7,18-19H,1-2H2. The lowest BCUT2D eigenvalue weighted by Gasteiger charge is -2.08. The van der Waals surface area contributed by atoms with Crippen LogP contribution >= 0.6 is 47.8 Å². The van der Waals surface area contributed by atoms with Crippen molar-refractivity contribution in [1.82, 2.24) is 0 Å². The third kappa shape index (κ3) is 3.74. The van der Waals surface area contributed by atoms with Crippen molar-refractivity contribution >= 4 is 47.8 Å². The van der Waals surface area contributed by atoms with Gasteiger partial charge in [0.15, 0.2) is 0 Å². The maximum absolute atomic E-state index is 9.66. The van der Waals surface area contributed by atoms with E-state index in [-0.39, 0.29) is 11.5 Å². The molecule has 0 fully saturated rings. The van der Waals surface area contributed by atoms with Crippen molar-refractivity contribution in [3.05, 3.63) is 54.9 Å². The van der Waals surface area contributed by atoms with E-state index in [1.54, 1.807) is 12.1 Å². The molecule has 0 aliphatic carbocycles. The molecule has 2 aromatic rings. The lowest BCUT2D eigenvalue weighted by atomic mass is 10.0. The smallest absolute Gasteiger partial charge is 0.143 e. The second-order valence-corrected chi connectivity index (χ2v) is 6.75. The first kappa shape index (κ1) is 14.9. The molecule has 0 saturated carbocycles. The summed E-state index contributed by atoms with van der Waals surface area (Å²) in [5.74, 6) is 0.480. The average molecular weight is 451 g/mol.